The van der Waals surface area contributed by atoms with Gasteiger partial charge in [-0.1, -0.05) is 11.6 Å². The van der Waals surface area contributed by atoms with Gasteiger partial charge >= 0.3 is 5.97 Å². The molecule has 1 saturated heterocycles. The second kappa shape index (κ2) is 11.7. The minimum atomic E-state index is -1.40. The van der Waals surface area contributed by atoms with Crippen LogP contribution in [-0.4, -0.2) is 74.0 Å². The average Bonchev–Trinajstić information content (AvgIpc) is 2.92. The first kappa shape index (κ1) is 27.8. The SMILES string of the molecule is COc1cc2c(cc1Cc1cc(N3CCOCC3)cc(Cl)c1F)c(=O)c(C(=O)O)cn2[C@H](CO)C(C)OC. The molecule has 2 heterocycles. The molecule has 0 amide bonds. The minimum Gasteiger partial charge on any atom is -0.496 e. The lowest BCUT2D eigenvalue weighted by Crippen LogP contribution is -2.36. The number of pyridine rings is 1. The standard InChI is InChI=1S/C27H30ClFN2O7/c1-15(36-2)23(14-32)31-13-20(27(34)35)26(33)19-10-16(24(37-3)12-22(19)31)8-17-9-18(11-21(28)25(17)29)30-4-6-38-7-5-30/h9-13,15,23,32H,4-8,14H2,1-3H3,(H,34,35)/t15?,23-/m1/s1. The molecule has 0 bridgehead atoms. The van der Waals surface area contributed by atoms with Crippen LogP contribution in [0.4, 0.5) is 10.1 Å². The molecule has 0 radical (unpaired) electrons. The zero-order valence-corrected chi connectivity index (χ0v) is 22.1. The lowest BCUT2D eigenvalue weighted by molar-refractivity contribution is 0.0456. The number of aromatic nitrogens is 1. The summed E-state index contributed by atoms with van der Waals surface area (Å²) in [7, 11) is 2.92. The van der Waals surface area contributed by atoms with Crippen LogP contribution in [0.5, 0.6) is 5.75 Å². The number of morpholine rings is 1. The zero-order chi connectivity index (χ0) is 27.6. The zero-order valence-electron chi connectivity index (χ0n) is 21.4. The van der Waals surface area contributed by atoms with Crippen LogP contribution in [0.15, 0.2) is 35.3 Å². The molecule has 2 aromatic carbocycles. The molecule has 2 atom stereocenters. The maximum atomic E-state index is 15.2. The average molecular weight is 549 g/mol. The van der Waals surface area contributed by atoms with Gasteiger partial charge in [-0.25, -0.2) is 9.18 Å². The van der Waals surface area contributed by atoms with Crippen LogP contribution < -0.4 is 15.1 Å². The summed E-state index contributed by atoms with van der Waals surface area (Å²) in [6, 6.07) is 5.71. The number of halogens is 2. The van der Waals surface area contributed by atoms with Gasteiger partial charge in [0.15, 0.2) is 0 Å². The van der Waals surface area contributed by atoms with Crippen LogP contribution in [-0.2, 0) is 15.9 Å². The number of nitrogens with zero attached hydrogens (tertiary/aromatic N) is 2. The summed E-state index contributed by atoms with van der Waals surface area (Å²) >= 11 is 6.25. The Labute approximate surface area is 223 Å². The molecule has 1 aliphatic heterocycles. The van der Waals surface area contributed by atoms with Crippen molar-refractivity contribution < 1.29 is 33.6 Å². The normalized spacial score (nSPS) is 15.5. The molecule has 38 heavy (non-hydrogen) atoms. The fourth-order valence-electron chi connectivity index (χ4n) is 4.76. The Morgan fingerprint density at radius 1 is 1.18 bits per heavy atom. The van der Waals surface area contributed by atoms with Crippen molar-refractivity contribution in [1.29, 1.82) is 0 Å². The lowest BCUT2D eigenvalue weighted by atomic mass is 9.99. The summed E-state index contributed by atoms with van der Waals surface area (Å²) in [4.78, 5) is 27.2. The van der Waals surface area contributed by atoms with Crippen molar-refractivity contribution in [1.82, 2.24) is 4.57 Å². The molecule has 3 aromatic rings. The van der Waals surface area contributed by atoms with Gasteiger partial charge in [-0.2, -0.15) is 0 Å². The molecular formula is C27H30ClFN2O7. The van der Waals surface area contributed by atoms with E-state index in [4.69, 9.17) is 25.8 Å². The highest BCUT2D eigenvalue weighted by molar-refractivity contribution is 6.31. The van der Waals surface area contributed by atoms with Crippen molar-refractivity contribution in [2.24, 2.45) is 0 Å². The van der Waals surface area contributed by atoms with Gasteiger partial charge in [0, 0.05) is 50.0 Å². The highest BCUT2D eigenvalue weighted by Crippen LogP contribution is 2.33. The number of carboxylic acid groups (broad SMARTS) is 1. The van der Waals surface area contributed by atoms with E-state index in [1.165, 1.54) is 31.0 Å². The van der Waals surface area contributed by atoms with Crippen LogP contribution in [0, 0.1) is 5.82 Å². The molecule has 0 aliphatic carbocycles. The Kier molecular flexibility index (Phi) is 8.57. The van der Waals surface area contributed by atoms with E-state index in [2.05, 4.69) is 4.90 Å². The van der Waals surface area contributed by atoms with Crippen molar-refractivity contribution in [3.05, 3.63) is 68.2 Å². The number of ether oxygens (including phenoxy) is 3. The molecule has 0 spiro atoms. The molecule has 1 unspecified atom stereocenters. The number of fused-ring (bicyclic) bond motifs is 1. The number of aliphatic hydroxyl groups is 1. The molecule has 9 nitrogen and oxygen atoms in total. The number of rotatable bonds is 9. The van der Waals surface area contributed by atoms with Gasteiger partial charge in [0.2, 0.25) is 5.43 Å². The molecule has 1 aromatic heterocycles. The predicted octanol–water partition coefficient (Wildman–Crippen LogP) is 3.50. The number of benzene rings is 2. The molecule has 2 N–H and O–H groups in total. The predicted molar refractivity (Wildman–Crippen MR) is 142 cm³/mol. The molecule has 1 aliphatic rings. The van der Waals surface area contributed by atoms with Crippen molar-refractivity contribution in [3.63, 3.8) is 0 Å². The molecule has 1 fully saturated rings. The lowest BCUT2D eigenvalue weighted by Gasteiger charge is -2.29. The number of aromatic carboxylic acids is 1. The van der Waals surface area contributed by atoms with Gasteiger partial charge in [0.1, 0.15) is 17.1 Å². The van der Waals surface area contributed by atoms with E-state index in [1.54, 1.807) is 25.1 Å². The van der Waals surface area contributed by atoms with Crippen molar-refractivity contribution >= 4 is 34.2 Å². The van der Waals surface area contributed by atoms with Crippen LogP contribution in [0.2, 0.25) is 5.02 Å². The Balaban J connectivity index is 1.89. The highest BCUT2D eigenvalue weighted by atomic mass is 35.5. The fraction of sp³-hybridized carbons (Fsp3) is 0.407. The number of aliphatic hydroxyl groups excluding tert-OH is 1. The summed E-state index contributed by atoms with van der Waals surface area (Å²) in [5, 5.41) is 19.9. The Morgan fingerprint density at radius 3 is 2.50 bits per heavy atom. The molecule has 11 heteroatoms. The van der Waals surface area contributed by atoms with E-state index in [0.29, 0.717) is 48.7 Å². The van der Waals surface area contributed by atoms with E-state index >= 15 is 4.39 Å². The Bertz CT molecular complexity index is 1400. The quantitative estimate of drug-likeness (QED) is 0.418. The second-order valence-electron chi connectivity index (χ2n) is 9.13. The summed E-state index contributed by atoms with van der Waals surface area (Å²) in [6.45, 7) is 3.75. The fourth-order valence-corrected chi connectivity index (χ4v) is 5.00. The van der Waals surface area contributed by atoms with Crippen molar-refractivity contribution in [3.8, 4) is 5.75 Å². The first-order chi connectivity index (χ1) is 18.2. The Hall–Kier alpha value is -3.18. The van der Waals surface area contributed by atoms with Gasteiger partial charge in [0.25, 0.3) is 0 Å². The van der Waals surface area contributed by atoms with E-state index in [0.717, 1.165) is 5.69 Å². The number of methoxy groups -OCH3 is 2. The third-order valence-corrected chi connectivity index (χ3v) is 7.24. The maximum Gasteiger partial charge on any atom is 0.341 e. The third kappa shape index (κ3) is 5.35. The van der Waals surface area contributed by atoms with E-state index in [-0.39, 0.29) is 23.4 Å². The summed E-state index contributed by atoms with van der Waals surface area (Å²) in [5.41, 5.74) is 0.718. The number of anilines is 1. The van der Waals surface area contributed by atoms with E-state index in [9.17, 15) is 19.8 Å². The van der Waals surface area contributed by atoms with E-state index in [1.807, 2.05) is 0 Å². The number of hydrogen-bond donors (Lipinski definition) is 2. The first-order valence-corrected chi connectivity index (χ1v) is 12.5. The van der Waals surface area contributed by atoms with Crippen LogP contribution >= 0.6 is 11.6 Å². The van der Waals surface area contributed by atoms with E-state index < -0.39 is 34.9 Å². The van der Waals surface area contributed by atoms with Crippen molar-refractivity contribution in [2.45, 2.75) is 25.5 Å². The largest absolute Gasteiger partial charge is 0.496 e. The third-order valence-electron chi connectivity index (χ3n) is 6.97. The minimum absolute atomic E-state index is 0.0291. The maximum absolute atomic E-state index is 15.2. The summed E-state index contributed by atoms with van der Waals surface area (Å²) in [5.74, 6) is -1.62. The topological polar surface area (TPSA) is 110 Å². The molecule has 4 rings (SSSR count). The van der Waals surface area contributed by atoms with Crippen molar-refractivity contribution in [2.75, 3.05) is 52.0 Å². The highest BCUT2D eigenvalue weighted by Gasteiger charge is 2.25. The van der Waals surface area contributed by atoms with Gasteiger partial charge in [-0.15, -0.1) is 0 Å². The monoisotopic (exact) mass is 548 g/mol. The van der Waals surface area contributed by atoms with Gasteiger partial charge in [-0.3, -0.25) is 4.79 Å². The number of carbonyl (C=O) groups is 1. The van der Waals surface area contributed by atoms with Crippen LogP contribution in [0.1, 0.15) is 34.5 Å². The van der Waals surface area contributed by atoms with Crippen LogP contribution in [0.3, 0.4) is 0 Å². The number of carboxylic acids is 1. The van der Waals surface area contributed by atoms with Gasteiger partial charge < -0.3 is 33.9 Å². The molecule has 204 valence electrons. The Morgan fingerprint density at radius 2 is 1.89 bits per heavy atom. The molecular weight excluding hydrogens is 519 g/mol. The van der Waals surface area contributed by atoms with Crippen LogP contribution in [0.25, 0.3) is 10.9 Å². The second-order valence-corrected chi connectivity index (χ2v) is 9.54. The number of hydrogen-bond acceptors (Lipinski definition) is 7. The molecule has 0 saturated carbocycles. The van der Waals surface area contributed by atoms with Gasteiger partial charge in [-0.05, 0) is 36.2 Å². The van der Waals surface area contributed by atoms with Gasteiger partial charge in [0.05, 0.1) is 49.6 Å². The summed E-state index contributed by atoms with van der Waals surface area (Å²) in [6.07, 6.45) is 0.739. The first-order valence-electron chi connectivity index (χ1n) is 12.1. The summed E-state index contributed by atoms with van der Waals surface area (Å²) < 4.78 is 33.1. The smallest absolute Gasteiger partial charge is 0.341 e.